The molecule has 0 bridgehead atoms. The molecule has 1 aliphatic rings. The van der Waals surface area contributed by atoms with Gasteiger partial charge >= 0.3 is 0 Å². The summed E-state index contributed by atoms with van der Waals surface area (Å²) in [6.45, 7) is 0. The van der Waals surface area contributed by atoms with E-state index < -0.39 is 0 Å². The Bertz CT molecular complexity index is 606. The van der Waals surface area contributed by atoms with Crippen LogP contribution in [-0.2, 0) is 25.7 Å². The molecule has 2 aromatic carbocycles. The molecule has 2 heteroatoms. The molecule has 0 heterocycles. The molecule has 0 saturated carbocycles. The van der Waals surface area contributed by atoms with Crippen molar-refractivity contribution in [1.82, 2.24) is 0 Å². The second-order valence-corrected chi connectivity index (χ2v) is 6.09. The molecule has 1 N–H and O–H groups in total. The Kier molecular flexibility index (Phi) is 4.09. The van der Waals surface area contributed by atoms with Gasteiger partial charge in [-0.15, -0.1) is 0 Å². The summed E-state index contributed by atoms with van der Waals surface area (Å²) in [6.07, 6.45) is 4.67. The van der Waals surface area contributed by atoms with Crippen molar-refractivity contribution in [3.05, 3.63) is 69.7 Å². The molecule has 0 aliphatic heterocycles. The number of halogens is 1. The van der Waals surface area contributed by atoms with Gasteiger partial charge in [-0.05, 0) is 66.5 Å². The summed E-state index contributed by atoms with van der Waals surface area (Å²) >= 11 is 5.97. The average Bonchev–Trinajstić information content (AvgIpc) is 2.86. The lowest BCUT2D eigenvalue weighted by Crippen LogP contribution is -2.14. The Morgan fingerprint density at radius 2 is 1.70 bits per heavy atom. The minimum absolute atomic E-state index is 0.354. The maximum atomic E-state index is 10.3. The molecule has 1 aliphatic carbocycles. The SMILES string of the molecule is OC(Cc1cccc(Cl)c1)Cc1ccc2c(c1)CCC2. The molecule has 0 radical (unpaired) electrons. The number of benzene rings is 2. The zero-order valence-electron chi connectivity index (χ0n) is 11.5. The summed E-state index contributed by atoms with van der Waals surface area (Å²) in [4.78, 5) is 0. The van der Waals surface area contributed by atoms with Crippen molar-refractivity contribution in [2.45, 2.75) is 38.2 Å². The van der Waals surface area contributed by atoms with Gasteiger partial charge in [0, 0.05) is 5.02 Å². The van der Waals surface area contributed by atoms with Gasteiger partial charge in [-0.2, -0.15) is 0 Å². The van der Waals surface area contributed by atoms with Crippen LogP contribution in [0.2, 0.25) is 5.02 Å². The fourth-order valence-electron chi connectivity index (χ4n) is 3.03. The van der Waals surface area contributed by atoms with Crippen molar-refractivity contribution in [3.8, 4) is 0 Å². The monoisotopic (exact) mass is 286 g/mol. The van der Waals surface area contributed by atoms with Gasteiger partial charge in [0.15, 0.2) is 0 Å². The molecule has 1 nitrogen and oxygen atoms in total. The summed E-state index contributed by atoms with van der Waals surface area (Å²) in [7, 11) is 0. The first kappa shape index (κ1) is 13.7. The highest BCUT2D eigenvalue weighted by atomic mass is 35.5. The third kappa shape index (κ3) is 3.23. The molecular weight excluding hydrogens is 268 g/mol. The standard InChI is InChI=1S/C18H19ClO/c19-17-6-1-3-13(10-17)11-18(20)12-14-7-8-15-4-2-5-16(15)9-14/h1,3,6-10,18,20H,2,4-5,11-12H2. The summed E-state index contributed by atoms with van der Waals surface area (Å²) in [5, 5.41) is 11.0. The van der Waals surface area contributed by atoms with Crippen molar-refractivity contribution in [3.63, 3.8) is 0 Å². The van der Waals surface area contributed by atoms with Gasteiger partial charge in [-0.1, -0.05) is 41.9 Å². The fourth-order valence-corrected chi connectivity index (χ4v) is 3.25. The first-order valence-corrected chi connectivity index (χ1v) is 7.62. The number of fused-ring (bicyclic) bond motifs is 1. The molecule has 1 atom stereocenters. The fraction of sp³-hybridized carbons (Fsp3) is 0.333. The highest BCUT2D eigenvalue weighted by Gasteiger charge is 2.13. The zero-order valence-corrected chi connectivity index (χ0v) is 12.2. The molecule has 0 fully saturated rings. The van der Waals surface area contributed by atoms with Gasteiger partial charge in [-0.3, -0.25) is 0 Å². The lowest BCUT2D eigenvalue weighted by Gasteiger charge is -2.12. The van der Waals surface area contributed by atoms with Gasteiger partial charge in [0.05, 0.1) is 6.10 Å². The van der Waals surface area contributed by atoms with Crippen LogP contribution in [0, 0.1) is 0 Å². The van der Waals surface area contributed by atoms with Crippen LogP contribution in [0.3, 0.4) is 0 Å². The quantitative estimate of drug-likeness (QED) is 0.901. The number of hydrogen-bond acceptors (Lipinski definition) is 1. The average molecular weight is 287 g/mol. The van der Waals surface area contributed by atoms with Gasteiger partial charge in [0.2, 0.25) is 0 Å². The van der Waals surface area contributed by atoms with E-state index in [4.69, 9.17) is 11.6 Å². The van der Waals surface area contributed by atoms with Crippen molar-refractivity contribution in [2.24, 2.45) is 0 Å². The third-order valence-corrected chi connectivity index (χ3v) is 4.23. The van der Waals surface area contributed by atoms with E-state index in [2.05, 4.69) is 18.2 Å². The van der Waals surface area contributed by atoms with Crippen LogP contribution in [0.5, 0.6) is 0 Å². The highest BCUT2D eigenvalue weighted by molar-refractivity contribution is 6.30. The van der Waals surface area contributed by atoms with Crippen molar-refractivity contribution >= 4 is 11.6 Å². The Labute approximate surface area is 125 Å². The minimum Gasteiger partial charge on any atom is -0.392 e. The zero-order chi connectivity index (χ0) is 13.9. The summed E-state index contributed by atoms with van der Waals surface area (Å²) in [5.74, 6) is 0. The number of aliphatic hydroxyl groups is 1. The smallest absolute Gasteiger partial charge is 0.0620 e. The summed E-state index contributed by atoms with van der Waals surface area (Å²) in [6, 6.07) is 14.4. The Morgan fingerprint density at radius 3 is 2.50 bits per heavy atom. The van der Waals surface area contributed by atoms with E-state index in [9.17, 15) is 5.11 Å². The van der Waals surface area contributed by atoms with Crippen LogP contribution >= 0.6 is 11.6 Å². The molecule has 104 valence electrons. The molecule has 1 unspecified atom stereocenters. The molecule has 2 aromatic rings. The summed E-state index contributed by atoms with van der Waals surface area (Å²) in [5.41, 5.74) is 5.28. The lowest BCUT2D eigenvalue weighted by molar-refractivity contribution is 0.175. The molecule has 20 heavy (non-hydrogen) atoms. The van der Waals surface area contributed by atoms with E-state index in [0.717, 1.165) is 10.6 Å². The number of hydrogen-bond donors (Lipinski definition) is 1. The number of aliphatic hydroxyl groups excluding tert-OH is 1. The van der Waals surface area contributed by atoms with E-state index in [1.54, 1.807) is 0 Å². The van der Waals surface area contributed by atoms with Gasteiger partial charge < -0.3 is 5.11 Å². The van der Waals surface area contributed by atoms with Crippen LogP contribution in [0.25, 0.3) is 0 Å². The highest BCUT2D eigenvalue weighted by Crippen LogP contribution is 2.23. The topological polar surface area (TPSA) is 20.2 Å². The van der Waals surface area contributed by atoms with Crippen molar-refractivity contribution in [2.75, 3.05) is 0 Å². The van der Waals surface area contributed by atoms with Crippen LogP contribution in [0.1, 0.15) is 28.7 Å². The second kappa shape index (κ2) is 5.99. The first-order chi connectivity index (χ1) is 9.70. The van der Waals surface area contributed by atoms with Crippen LogP contribution in [-0.4, -0.2) is 11.2 Å². The molecule has 0 aromatic heterocycles. The van der Waals surface area contributed by atoms with E-state index in [-0.39, 0.29) is 6.10 Å². The van der Waals surface area contributed by atoms with E-state index in [1.807, 2.05) is 24.3 Å². The third-order valence-electron chi connectivity index (χ3n) is 3.99. The largest absolute Gasteiger partial charge is 0.392 e. The molecule has 0 spiro atoms. The summed E-state index contributed by atoms with van der Waals surface area (Å²) < 4.78 is 0. The van der Waals surface area contributed by atoms with Crippen molar-refractivity contribution < 1.29 is 5.11 Å². The van der Waals surface area contributed by atoms with Crippen LogP contribution in [0.4, 0.5) is 0 Å². The number of aryl methyl sites for hydroxylation is 2. The molecular formula is C18H19ClO. The number of rotatable bonds is 4. The van der Waals surface area contributed by atoms with Crippen molar-refractivity contribution in [1.29, 1.82) is 0 Å². The second-order valence-electron chi connectivity index (χ2n) is 5.65. The lowest BCUT2D eigenvalue weighted by atomic mass is 9.98. The van der Waals surface area contributed by atoms with Gasteiger partial charge in [0.25, 0.3) is 0 Å². The Morgan fingerprint density at radius 1 is 0.950 bits per heavy atom. The van der Waals surface area contributed by atoms with Crippen LogP contribution < -0.4 is 0 Å². The normalized spacial score (nSPS) is 15.1. The van der Waals surface area contributed by atoms with Gasteiger partial charge in [0.1, 0.15) is 0 Å². The Hall–Kier alpha value is -1.31. The van der Waals surface area contributed by atoms with E-state index >= 15 is 0 Å². The minimum atomic E-state index is -0.354. The van der Waals surface area contributed by atoms with Gasteiger partial charge in [-0.25, -0.2) is 0 Å². The predicted molar refractivity (Wildman–Crippen MR) is 83.3 cm³/mol. The van der Waals surface area contributed by atoms with E-state index in [0.29, 0.717) is 12.8 Å². The first-order valence-electron chi connectivity index (χ1n) is 7.24. The molecule has 0 saturated heterocycles. The van der Waals surface area contributed by atoms with Crippen LogP contribution in [0.15, 0.2) is 42.5 Å². The predicted octanol–water partition coefficient (Wildman–Crippen LogP) is 3.97. The molecule has 0 amide bonds. The molecule has 3 rings (SSSR count). The maximum absolute atomic E-state index is 10.3. The maximum Gasteiger partial charge on any atom is 0.0620 e. The Balaban J connectivity index is 1.65. The van der Waals surface area contributed by atoms with E-state index in [1.165, 1.54) is 36.0 Å².